The summed E-state index contributed by atoms with van der Waals surface area (Å²) in [7, 11) is 1.59. The smallest absolute Gasteiger partial charge is 0.342 e. The monoisotopic (exact) mass is 354 g/mol. The average molecular weight is 354 g/mol. The molecule has 0 aliphatic heterocycles. The fourth-order valence-electron chi connectivity index (χ4n) is 2.37. The van der Waals surface area contributed by atoms with Crippen LogP contribution in [0.5, 0.6) is 0 Å². The number of Topliss-reactive ketones (excluding diaryl/α,β-unsaturated/α-hetero) is 1. The molecule has 1 aromatic carbocycles. The summed E-state index contributed by atoms with van der Waals surface area (Å²) in [6.07, 6.45) is -1.50. The van der Waals surface area contributed by atoms with E-state index in [1.54, 1.807) is 32.2 Å². The van der Waals surface area contributed by atoms with Crippen LogP contribution in [0.2, 0.25) is 0 Å². The van der Waals surface area contributed by atoms with Crippen LogP contribution in [0.15, 0.2) is 47.7 Å². The normalized spacial score (nSPS) is 13.1. The van der Waals surface area contributed by atoms with Crippen LogP contribution >= 0.6 is 0 Å². The van der Waals surface area contributed by atoms with E-state index in [1.807, 2.05) is 13.0 Å². The predicted octanol–water partition coefficient (Wildman–Crippen LogP) is 4.73. The molecule has 0 saturated heterocycles. The molecular formula is C19H25F3N2O. The van der Waals surface area contributed by atoms with Crippen molar-refractivity contribution in [2.45, 2.75) is 45.8 Å². The Bertz CT molecular complexity index is 648. The van der Waals surface area contributed by atoms with Gasteiger partial charge in [0.25, 0.3) is 0 Å². The van der Waals surface area contributed by atoms with Gasteiger partial charge in [-0.1, -0.05) is 32.1 Å². The molecule has 0 spiro atoms. The average Bonchev–Trinajstić information content (AvgIpc) is 2.57. The zero-order chi connectivity index (χ0) is 19.0. The highest BCUT2D eigenvalue weighted by molar-refractivity contribution is 5.99. The number of hydrogen-bond acceptors (Lipinski definition) is 3. The Hall–Kier alpha value is -2.08. The zero-order valence-electron chi connectivity index (χ0n) is 14.9. The predicted molar refractivity (Wildman–Crippen MR) is 95.2 cm³/mol. The zero-order valence-corrected chi connectivity index (χ0v) is 14.9. The highest BCUT2D eigenvalue weighted by Gasteiger charge is 2.33. The van der Waals surface area contributed by atoms with Crippen molar-refractivity contribution in [1.29, 1.82) is 0 Å². The number of hydrogen-bond donors (Lipinski definition) is 1. The number of nitrogens with zero attached hydrogens (tertiary/aromatic N) is 1. The van der Waals surface area contributed by atoms with Gasteiger partial charge in [0.05, 0.1) is 11.3 Å². The van der Waals surface area contributed by atoms with Crippen molar-refractivity contribution < 1.29 is 18.0 Å². The lowest BCUT2D eigenvalue weighted by Gasteiger charge is -2.23. The van der Waals surface area contributed by atoms with E-state index in [4.69, 9.17) is 5.73 Å². The van der Waals surface area contributed by atoms with Crippen LogP contribution in [0, 0.1) is 0 Å². The second-order valence-corrected chi connectivity index (χ2v) is 5.70. The summed E-state index contributed by atoms with van der Waals surface area (Å²) in [4.78, 5) is 13.9. The summed E-state index contributed by atoms with van der Waals surface area (Å²) in [6, 6.07) is 7.10. The van der Waals surface area contributed by atoms with Gasteiger partial charge in [-0.3, -0.25) is 4.79 Å². The van der Waals surface area contributed by atoms with E-state index < -0.39 is 11.7 Å². The molecule has 0 aliphatic rings. The van der Waals surface area contributed by atoms with Crippen LogP contribution in [0.4, 0.5) is 18.9 Å². The summed E-state index contributed by atoms with van der Waals surface area (Å²) in [6.45, 7) is 3.76. The molecule has 3 nitrogen and oxygen atoms in total. The van der Waals surface area contributed by atoms with Gasteiger partial charge in [-0.05, 0) is 36.6 Å². The SMILES string of the molecule is CC/C=C(/C=C(/C(=O)CCC)N(C)c1cccc(CN)c1)C(F)(F)F. The fraction of sp³-hybridized carbons (Fsp3) is 0.421. The van der Waals surface area contributed by atoms with Gasteiger partial charge in [-0.15, -0.1) is 0 Å². The Morgan fingerprint density at radius 3 is 2.48 bits per heavy atom. The topological polar surface area (TPSA) is 46.3 Å². The quantitative estimate of drug-likeness (QED) is 0.542. The third-order valence-electron chi connectivity index (χ3n) is 3.70. The van der Waals surface area contributed by atoms with Crippen LogP contribution in [0.25, 0.3) is 0 Å². The van der Waals surface area contributed by atoms with Crippen molar-refractivity contribution in [3.8, 4) is 0 Å². The third-order valence-corrected chi connectivity index (χ3v) is 3.70. The van der Waals surface area contributed by atoms with Crippen molar-refractivity contribution >= 4 is 11.5 Å². The number of allylic oxidation sites excluding steroid dienone is 4. The molecule has 0 unspecified atom stereocenters. The van der Waals surface area contributed by atoms with E-state index in [-0.39, 0.29) is 24.3 Å². The number of nitrogens with two attached hydrogens (primary N) is 1. The Kier molecular flexibility index (Phi) is 7.90. The largest absolute Gasteiger partial charge is 0.416 e. The number of anilines is 1. The Balaban J connectivity index is 3.39. The molecule has 0 amide bonds. The van der Waals surface area contributed by atoms with E-state index in [0.29, 0.717) is 18.7 Å². The molecule has 0 bridgehead atoms. The fourth-order valence-corrected chi connectivity index (χ4v) is 2.37. The minimum absolute atomic E-state index is 0.0213. The number of carbonyl (C=O) groups is 1. The molecule has 1 aromatic rings. The van der Waals surface area contributed by atoms with Crippen LogP contribution in [-0.2, 0) is 11.3 Å². The van der Waals surface area contributed by atoms with Crippen LogP contribution in [0.3, 0.4) is 0 Å². The second kappa shape index (κ2) is 9.42. The van der Waals surface area contributed by atoms with Crippen molar-refractivity contribution in [2.75, 3.05) is 11.9 Å². The first-order valence-corrected chi connectivity index (χ1v) is 8.29. The number of ketones is 1. The lowest BCUT2D eigenvalue weighted by atomic mass is 10.1. The summed E-state index contributed by atoms with van der Waals surface area (Å²) in [5.74, 6) is -0.325. The highest BCUT2D eigenvalue weighted by atomic mass is 19.4. The molecule has 0 heterocycles. The number of benzene rings is 1. The molecule has 1 rings (SSSR count). The second-order valence-electron chi connectivity index (χ2n) is 5.70. The lowest BCUT2D eigenvalue weighted by Crippen LogP contribution is -2.25. The molecule has 0 radical (unpaired) electrons. The molecule has 6 heteroatoms. The first kappa shape index (κ1) is 21.0. The summed E-state index contributed by atoms with van der Waals surface area (Å²) >= 11 is 0. The summed E-state index contributed by atoms with van der Waals surface area (Å²) in [5.41, 5.74) is 6.30. The van der Waals surface area contributed by atoms with Crippen molar-refractivity contribution in [1.82, 2.24) is 0 Å². The van der Waals surface area contributed by atoms with Gasteiger partial charge in [0.15, 0.2) is 5.78 Å². The molecule has 0 aliphatic carbocycles. The molecule has 2 N–H and O–H groups in total. The maximum atomic E-state index is 13.2. The molecule has 138 valence electrons. The minimum Gasteiger partial charge on any atom is -0.342 e. The number of likely N-dealkylation sites (N-methyl/N-ethyl adjacent to an activating group) is 1. The number of rotatable bonds is 8. The van der Waals surface area contributed by atoms with Gasteiger partial charge in [0, 0.05) is 25.7 Å². The third kappa shape index (κ3) is 6.05. The van der Waals surface area contributed by atoms with E-state index in [0.717, 1.165) is 17.7 Å². The lowest BCUT2D eigenvalue weighted by molar-refractivity contribution is -0.115. The van der Waals surface area contributed by atoms with Crippen molar-refractivity contribution in [3.05, 3.63) is 53.3 Å². The highest BCUT2D eigenvalue weighted by Crippen LogP contribution is 2.30. The van der Waals surface area contributed by atoms with E-state index in [9.17, 15) is 18.0 Å². The Morgan fingerprint density at radius 2 is 1.96 bits per heavy atom. The van der Waals surface area contributed by atoms with Gasteiger partial charge in [0.2, 0.25) is 0 Å². The molecule has 0 atom stereocenters. The van der Waals surface area contributed by atoms with Crippen LogP contribution < -0.4 is 10.6 Å². The van der Waals surface area contributed by atoms with Gasteiger partial charge >= 0.3 is 6.18 Å². The molecule has 0 aromatic heterocycles. The minimum atomic E-state index is -4.51. The maximum Gasteiger partial charge on any atom is 0.416 e. The Morgan fingerprint density at radius 1 is 1.28 bits per heavy atom. The molecule has 25 heavy (non-hydrogen) atoms. The van der Waals surface area contributed by atoms with E-state index in [1.165, 1.54) is 4.90 Å². The van der Waals surface area contributed by atoms with E-state index >= 15 is 0 Å². The summed E-state index contributed by atoms with van der Waals surface area (Å²) in [5, 5.41) is 0. The van der Waals surface area contributed by atoms with Crippen LogP contribution in [-0.4, -0.2) is 19.0 Å². The molecule has 0 saturated carbocycles. The standard InChI is InChI=1S/C19H25F3N2O/c1-4-7-15(19(20,21)22)12-17(18(25)8-5-2)24(3)16-10-6-9-14(11-16)13-23/h6-7,9-12H,4-5,8,13,23H2,1-3H3/b15-7-,17-12-. The first-order chi connectivity index (χ1) is 11.7. The van der Waals surface area contributed by atoms with Gasteiger partial charge < -0.3 is 10.6 Å². The van der Waals surface area contributed by atoms with Crippen LogP contribution in [0.1, 0.15) is 38.7 Å². The maximum absolute atomic E-state index is 13.2. The van der Waals surface area contributed by atoms with Crippen molar-refractivity contribution in [2.24, 2.45) is 5.73 Å². The number of carbonyl (C=O) groups excluding carboxylic acids is 1. The van der Waals surface area contributed by atoms with E-state index in [2.05, 4.69) is 0 Å². The first-order valence-electron chi connectivity index (χ1n) is 8.29. The van der Waals surface area contributed by atoms with Gasteiger partial charge in [-0.2, -0.15) is 13.2 Å². The van der Waals surface area contributed by atoms with Gasteiger partial charge in [-0.25, -0.2) is 0 Å². The summed E-state index contributed by atoms with van der Waals surface area (Å²) < 4.78 is 39.7. The number of alkyl halides is 3. The van der Waals surface area contributed by atoms with Gasteiger partial charge in [0.1, 0.15) is 0 Å². The molecule has 0 fully saturated rings. The molecular weight excluding hydrogens is 329 g/mol. The van der Waals surface area contributed by atoms with Crippen molar-refractivity contribution in [3.63, 3.8) is 0 Å². The number of halogens is 3. The Labute approximate surface area is 147 Å².